The Bertz CT molecular complexity index is 1320. The second kappa shape index (κ2) is 8.39. The molecule has 0 atom stereocenters. The van der Waals surface area contributed by atoms with Crippen molar-refractivity contribution in [1.29, 1.82) is 0 Å². The predicted octanol–water partition coefficient (Wildman–Crippen LogP) is 3.91. The van der Waals surface area contributed by atoms with E-state index < -0.39 is 24.3 Å². The summed E-state index contributed by atoms with van der Waals surface area (Å²) in [6, 6.07) is 14.4. The number of ether oxygens (including phenoxy) is 1. The van der Waals surface area contributed by atoms with Crippen molar-refractivity contribution in [1.82, 2.24) is 0 Å². The zero-order chi connectivity index (χ0) is 23.0. The van der Waals surface area contributed by atoms with Crippen LogP contribution in [0.25, 0.3) is 0 Å². The molecular formula is C24H17BrN2O5. The van der Waals surface area contributed by atoms with Crippen LogP contribution < -0.4 is 11.1 Å². The van der Waals surface area contributed by atoms with Gasteiger partial charge in [0.15, 0.2) is 18.2 Å². The number of anilines is 2. The molecule has 0 fully saturated rings. The van der Waals surface area contributed by atoms with Gasteiger partial charge in [-0.25, -0.2) is 4.79 Å². The first-order chi connectivity index (χ1) is 15.3. The highest BCUT2D eigenvalue weighted by Crippen LogP contribution is 2.32. The molecule has 8 heteroatoms. The number of esters is 1. The Kier molecular flexibility index (Phi) is 5.63. The number of carbonyl (C=O) groups is 4. The number of ketones is 2. The maximum atomic E-state index is 12.9. The minimum atomic E-state index is -0.869. The third kappa shape index (κ3) is 3.80. The van der Waals surface area contributed by atoms with Crippen molar-refractivity contribution >= 4 is 50.7 Å². The van der Waals surface area contributed by atoms with Crippen LogP contribution in [0.3, 0.4) is 0 Å². The fourth-order valence-electron chi connectivity index (χ4n) is 3.52. The van der Waals surface area contributed by atoms with Gasteiger partial charge in [-0.15, -0.1) is 0 Å². The van der Waals surface area contributed by atoms with Gasteiger partial charge in [0.05, 0.1) is 16.8 Å². The average Bonchev–Trinajstić information content (AvgIpc) is 2.78. The number of hydrogen-bond acceptors (Lipinski definition) is 6. The van der Waals surface area contributed by atoms with Crippen molar-refractivity contribution in [2.45, 2.75) is 6.92 Å². The van der Waals surface area contributed by atoms with Crippen molar-refractivity contribution in [3.63, 3.8) is 0 Å². The Morgan fingerprint density at radius 3 is 2.34 bits per heavy atom. The van der Waals surface area contributed by atoms with Crippen molar-refractivity contribution in [3.8, 4) is 0 Å². The topological polar surface area (TPSA) is 116 Å². The number of nitrogens with one attached hydrogen (secondary N) is 1. The average molecular weight is 493 g/mol. The first kappa shape index (κ1) is 21.5. The first-order valence-corrected chi connectivity index (χ1v) is 10.4. The summed E-state index contributed by atoms with van der Waals surface area (Å²) in [5.41, 5.74) is 7.97. The SMILES string of the molecule is Cc1cc(NC(=O)COC(=O)c2ccc3c(c2N)C(=O)c2ccccc2C3=O)ccc1Br. The van der Waals surface area contributed by atoms with Crippen LogP contribution in [0.1, 0.15) is 47.8 Å². The van der Waals surface area contributed by atoms with E-state index in [1.54, 1.807) is 36.4 Å². The van der Waals surface area contributed by atoms with Gasteiger partial charge in [-0.3, -0.25) is 14.4 Å². The molecule has 3 aromatic carbocycles. The normalized spacial score (nSPS) is 12.1. The molecule has 1 amide bonds. The summed E-state index contributed by atoms with van der Waals surface area (Å²) in [5, 5.41) is 2.64. The van der Waals surface area contributed by atoms with Gasteiger partial charge in [0.2, 0.25) is 0 Å². The second-order valence-corrected chi connectivity index (χ2v) is 8.10. The van der Waals surface area contributed by atoms with E-state index in [0.29, 0.717) is 11.3 Å². The lowest BCUT2D eigenvalue weighted by Crippen LogP contribution is -2.25. The Morgan fingerprint density at radius 2 is 1.66 bits per heavy atom. The maximum Gasteiger partial charge on any atom is 0.340 e. The summed E-state index contributed by atoms with van der Waals surface area (Å²) >= 11 is 3.38. The fraction of sp³-hybridized carbons (Fsp3) is 0.0833. The van der Waals surface area contributed by atoms with Crippen LogP contribution in [0.4, 0.5) is 11.4 Å². The molecule has 0 aromatic heterocycles. The summed E-state index contributed by atoms with van der Waals surface area (Å²) in [4.78, 5) is 50.4. The number of hydrogen-bond donors (Lipinski definition) is 2. The standard InChI is InChI=1S/C24H17BrN2O5/c1-12-10-13(6-9-18(12)25)27-19(28)11-32-24(31)17-8-7-16-20(21(17)26)23(30)15-5-3-2-4-14(15)22(16)29/h2-10H,11,26H2,1H3,(H,27,28). The highest BCUT2D eigenvalue weighted by atomic mass is 79.9. The Hall–Kier alpha value is -3.78. The Labute approximate surface area is 191 Å². The number of nitrogen functional groups attached to an aromatic ring is 1. The summed E-state index contributed by atoms with van der Waals surface area (Å²) in [7, 11) is 0. The van der Waals surface area contributed by atoms with Gasteiger partial charge < -0.3 is 15.8 Å². The molecule has 160 valence electrons. The number of halogens is 1. The van der Waals surface area contributed by atoms with E-state index in [2.05, 4.69) is 21.2 Å². The molecular weight excluding hydrogens is 476 g/mol. The number of rotatable bonds is 4. The fourth-order valence-corrected chi connectivity index (χ4v) is 3.77. The zero-order valence-corrected chi connectivity index (χ0v) is 18.5. The Morgan fingerprint density at radius 1 is 0.969 bits per heavy atom. The van der Waals surface area contributed by atoms with Gasteiger partial charge in [0, 0.05) is 26.9 Å². The third-order valence-corrected chi connectivity index (χ3v) is 6.02. The molecule has 0 bridgehead atoms. The number of aryl methyl sites for hydroxylation is 1. The largest absolute Gasteiger partial charge is 0.452 e. The van der Waals surface area contributed by atoms with Crippen LogP contribution >= 0.6 is 15.9 Å². The van der Waals surface area contributed by atoms with Crippen LogP contribution in [0.2, 0.25) is 0 Å². The van der Waals surface area contributed by atoms with E-state index in [9.17, 15) is 19.2 Å². The van der Waals surface area contributed by atoms with E-state index in [0.717, 1.165) is 10.0 Å². The molecule has 0 aliphatic heterocycles. The van der Waals surface area contributed by atoms with Crippen molar-refractivity contribution in [2.75, 3.05) is 17.7 Å². The van der Waals surface area contributed by atoms with Gasteiger partial charge in [0.25, 0.3) is 5.91 Å². The van der Waals surface area contributed by atoms with Crippen LogP contribution in [-0.4, -0.2) is 30.0 Å². The Balaban J connectivity index is 1.51. The molecule has 1 aliphatic carbocycles. The van der Waals surface area contributed by atoms with E-state index in [4.69, 9.17) is 10.5 Å². The monoisotopic (exact) mass is 492 g/mol. The predicted molar refractivity (Wildman–Crippen MR) is 122 cm³/mol. The van der Waals surface area contributed by atoms with Crippen LogP contribution in [0.5, 0.6) is 0 Å². The molecule has 3 aromatic rings. The molecule has 3 N–H and O–H groups in total. The van der Waals surface area contributed by atoms with Crippen LogP contribution in [-0.2, 0) is 9.53 Å². The molecule has 0 saturated carbocycles. The number of carbonyl (C=O) groups excluding carboxylic acids is 4. The van der Waals surface area contributed by atoms with Crippen LogP contribution in [0, 0.1) is 6.92 Å². The number of nitrogens with two attached hydrogens (primary N) is 1. The first-order valence-electron chi connectivity index (χ1n) is 9.62. The molecule has 0 spiro atoms. The van der Waals surface area contributed by atoms with Gasteiger partial charge in [-0.05, 0) is 42.8 Å². The van der Waals surface area contributed by atoms with E-state index in [1.807, 2.05) is 6.92 Å². The van der Waals surface area contributed by atoms with Gasteiger partial charge >= 0.3 is 5.97 Å². The molecule has 7 nitrogen and oxygen atoms in total. The zero-order valence-electron chi connectivity index (χ0n) is 16.9. The summed E-state index contributed by atoms with van der Waals surface area (Å²) in [6.07, 6.45) is 0. The van der Waals surface area contributed by atoms with Gasteiger partial charge in [0.1, 0.15) is 0 Å². The quantitative estimate of drug-likeness (QED) is 0.329. The minimum Gasteiger partial charge on any atom is -0.452 e. The molecule has 32 heavy (non-hydrogen) atoms. The number of fused-ring (bicyclic) bond motifs is 2. The minimum absolute atomic E-state index is 0.0297. The lowest BCUT2D eigenvalue weighted by Gasteiger charge is -2.20. The van der Waals surface area contributed by atoms with E-state index >= 15 is 0 Å². The molecule has 0 heterocycles. The van der Waals surface area contributed by atoms with E-state index in [-0.39, 0.29) is 33.7 Å². The number of benzene rings is 3. The summed E-state index contributed by atoms with van der Waals surface area (Å²) in [6.45, 7) is 1.34. The highest BCUT2D eigenvalue weighted by molar-refractivity contribution is 9.10. The van der Waals surface area contributed by atoms with Crippen molar-refractivity contribution in [2.24, 2.45) is 0 Å². The third-order valence-electron chi connectivity index (χ3n) is 5.13. The van der Waals surface area contributed by atoms with E-state index in [1.165, 1.54) is 18.2 Å². The van der Waals surface area contributed by atoms with Crippen molar-refractivity contribution in [3.05, 3.63) is 92.5 Å². The second-order valence-electron chi connectivity index (χ2n) is 7.24. The lowest BCUT2D eigenvalue weighted by molar-refractivity contribution is -0.119. The smallest absolute Gasteiger partial charge is 0.340 e. The summed E-state index contributed by atoms with van der Waals surface area (Å²) < 4.78 is 5.99. The molecule has 1 aliphatic rings. The van der Waals surface area contributed by atoms with Gasteiger partial charge in [-0.1, -0.05) is 40.2 Å². The van der Waals surface area contributed by atoms with Gasteiger partial charge in [-0.2, -0.15) is 0 Å². The molecule has 0 saturated heterocycles. The van der Waals surface area contributed by atoms with Crippen molar-refractivity contribution < 1.29 is 23.9 Å². The highest BCUT2D eigenvalue weighted by Gasteiger charge is 2.33. The maximum absolute atomic E-state index is 12.9. The lowest BCUT2D eigenvalue weighted by atomic mass is 9.82. The molecule has 0 radical (unpaired) electrons. The van der Waals surface area contributed by atoms with Crippen LogP contribution in [0.15, 0.2) is 59.1 Å². The molecule has 4 rings (SSSR count). The number of amides is 1. The molecule has 0 unspecified atom stereocenters. The summed E-state index contributed by atoms with van der Waals surface area (Å²) in [5.74, 6) is -2.18.